The fourth-order valence-electron chi connectivity index (χ4n) is 2.33. The number of carbonyl (C=O) groups is 2. The van der Waals surface area contributed by atoms with Gasteiger partial charge in [-0.05, 0) is 17.7 Å². The average molecular weight is 357 g/mol. The number of hydrogen-bond donors (Lipinski definition) is 2. The number of hydrogen-bond acceptors (Lipinski definition) is 8. The molecule has 0 radical (unpaired) electrons. The molecular weight excluding hydrogens is 342 g/mol. The monoisotopic (exact) mass is 357 g/mol. The van der Waals surface area contributed by atoms with Crippen LogP contribution in [-0.2, 0) is 16.0 Å². The van der Waals surface area contributed by atoms with Crippen LogP contribution < -0.4 is 5.32 Å². The Balaban J connectivity index is 1.87. The summed E-state index contributed by atoms with van der Waals surface area (Å²) < 4.78 is 10.6. The van der Waals surface area contributed by atoms with E-state index < -0.39 is 12.1 Å². The minimum atomic E-state index is -0.748. The minimum Gasteiger partial charge on any atom is -0.492 e. The van der Waals surface area contributed by atoms with Crippen molar-refractivity contribution in [2.45, 2.75) is 6.54 Å². The molecular formula is C16H15N5O5. The quantitative estimate of drug-likeness (QED) is 0.673. The molecule has 3 rings (SSSR count). The largest absolute Gasteiger partial charge is 0.492 e. The van der Waals surface area contributed by atoms with E-state index in [0.29, 0.717) is 23.1 Å². The first-order valence-electron chi connectivity index (χ1n) is 7.46. The van der Waals surface area contributed by atoms with Crippen LogP contribution in [0, 0.1) is 0 Å². The van der Waals surface area contributed by atoms with Crippen molar-refractivity contribution in [3.8, 4) is 5.88 Å². The number of benzene rings is 1. The second-order valence-electron chi connectivity index (χ2n) is 5.21. The van der Waals surface area contributed by atoms with Gasteiger partial charge in [0.2, 0.25) is 11.8 Å². The van der Waals surface area contributed by atoms with E-state index in [1.807, 2.05) is 0 Å². The summed E-state index contributed by atoms with van der Waals surface area (Å²) in [5, 5.41) is 16.6. The molecule has 10 heteroatoms. The van der Waals surface area contributed by atoms with Crippen LogP contribution in [0.1, 0.15) is 15.9 Å². The summed E-state index contributed by atoms with van der Waals surface area (Å²) in [4.78, 5) is 30.6. The summed E-state index contributed by atoms with van der Waals surface area (Å²) in [6.07, 6.45) is 0.698. The second kappa shape index (κ2) is 7.05. The Morgan fingerprint density at radius 1 is 1.15 bits per heavy atom. The van der Waals surface area contributed by atoms with Crippen molar-refractivity contribution in [1.82, 2.24) is 19.7 Å². The number of methoxy groups -OCH3 is 2. The van der Waals surface area contributed by atoms with E-state index in [4.69, 9.17) is 0 Å². The lowest BCUT2D eigenvalue weighted by Crippen LogP contribution is -2.13. The van der Waals surface area contributed by atoms with E-state index in [9.17, 15) is 14.7 Å². The van der Waals surface area contributed by atoms with Crippen molar-refractivity contribution in [2.24, 2.45) is 0 Å². The number of nitrogens with one attached hydrogen (secondary N) is 1. The van der Waals surface area contributed by atoms with Crippen molar-refractivity contribution in [2.75, 3.05) is 19.5 Å². The molecule has 0 aliphatic heterocycles. The molecule has 0 aliphatic carbocycles. The number of ether oxygens (including phenoxy) is 2. The highest BCUT2D eigenvalue weighted by Gasteiger charge is 2.15. The molecule has 10 nitrogen and oxygen atoms in total. The number of aromatic hydroxyl groups is 1. The molecule has 0 unspecified atom stereocenters. The molecule has 0 aliphatic rings. The normalized spacial score (nSPS) is 10.5. The summed E-state index contributed by atoms with van der Waals surface area (Å²) in [6, 6.07) is 6.79. The highest BCUT2D eigenvalue weighted by atomic mass is 16.5. The van der Waals surface area contributed by atoms with Gasteiger partial charge in [-0.2, -0.15) is 10.1 Å². The van der Waals surface area contributed by atoms with E-state index in [1.54, 1.807) is 24.3 Å². The fraction of sp³-hybridized carbons (Fsp3) is 0.188. The zero-order valence-electron chi connectivity index (χ0n) is 14.0. The molecule has 0 saturated heterocycles. The van der Waals surface area contributed by atoms with Crippen LogP contribution in [0.5, 0.6) is 5.88 Å². The Labute approximate surface area is 147 Å². The molecule has 2 aromatic heterocycles. The smallest absolute Gasteiger partial charge is 0.413 e. The highest BCUT2D eigenvalue weighted by Crippen LogP contribution is 2.23. The van der Waals surface area contributed by atoms with Gasteiger partial charge >= 0.3 is 12.1 Å². The first-order chi connectivity index (χ1) is 12.5. The van der Waals surface area contributed by atoms with Crippen molar-refractivity contribution in [1.29, 1.82) is 0 Å². The van der Waals surface area contributed by atoms with Crippen LogP contribution in [0.15, 0.2) is 30.5 Å². The van der Waals surface area contributed by atoms with Crippen LogP contribution >= 0.6 is 0 Å². The number of esters is 1. The van der Waals surface area contributed by atoms with Crippen molar-refractivity contribution in [3.63, 3.8) is 0 Å². The predicted octanol–water partition coefficient (Wildman–Crippen LogP) is 1.55. The fourth-order valence-corrected chi connectivity index (χ4v) is 2.33. The zero-order valence-corrected chi connectivity index (χ0v) is 14.0. The molecule has 2 N–H and O–H groups in total. The van der Waals surface area contributed by atoms with E-state index in [-0.39, 0.29) is 11.8 Å². The number of rotatable bonds is 4. The standard InChI is InChI=1S/C16H15N5O5/c1-25-14(23)10-5-3-9(4-6-10)8-21-12-11(7-17-21)18-15(19-13(12)22)20-16(24)26-2/h3-7H,8H2,1-2H3,(H2,18,19,20,22,24). The number of nitrogens with zero attached hydrogens (tertiary/aromatic N) is 4. The van der Waals surface area contributed by atoms with Crippen LogP contribution in [0.25, 0.3) is 11.0 Å². The number of aromatic nitrogens is 4. The summed E-state index contributed by atoms with van der Waals surface area (Å²) in [5.41, 5.74) is 1.96. The first-order valence-corrected chi connectivity index (χ1v) is 7.46. The molecule has 0 atom stereocenters. The summed E-state index contributed by atoms with van der Waals surface area (Å²) in [7, 11) is 2.52. The van der Waals surface area contributed by atoms with Gasteiger partial charge in [-0.25, -0.2) is 14.6 Å². The van der Waals surface area contributed by atoms with Gasteiger partial charge in [-0.15, -0.1) is 0 Å². The van der Waals surface area contributed by atoms with Gasteiger partial charge in [0.15, 0.2) is 0 Å². The molecule has 134 valence electrons. The zero-order chi connectivity index (χ0) is 18.7. The average Bonchev–Trinajstić information content (AvgIpc) is 3.04. The first kappa shape index (κ1) is 17.1. The third kappa shape index (κ3) is 3.38. The molecule has 1 aromatic carbocycles. The third-order valence-corrected chi connectivity index (χ3v) is 3.58. The summed E-state index contributed by atoms with van der Waals surface area (Å²) in [5.74, 6) is -0.841. The van der Waals surface area contributed by atoms with Crippen molar-refractivity contribution in [3.05, 3.63) is 41.6 Å². The van der Waals surface area contributed by atoms with Crippen LogP contribution in [0.4, 0.5) is 10.7 Å². The van der Waals surface area contributed by atoms with E-state index in [1.165, 1.54) is 25.1 Å². The lowest BCUT2D eigenvalue weighted by atomic mass is 10.1. The Bertz CT molecular complexity index is 967. The van der Waals surface area contributed by atoms with Gasteiger partial charge in [0.25, 0.3) is 0 Å². The van der Waals surface area contributed by atoms with E-state index in [2.05, 4.69) is 29.9 Å². The Morgan fingerprint density at radius 2 is 1.88 bits per heavy atom. The van der Waals surface area contributed by atoms with Gasteiger partial charge in [0.1, 0.15) is 11.0 Å². The molecule has 0 fully saturated rings. The molecule has 2 heterocycles. The highest BCUT2D eigenvalue weighted by molar-refractivity contribution is 5.89. The maximum atomic E-state index is 11.5. The van der Waals surface area contributed by atoms with Gasteiger partial charge in [-0.3, -0.25) is 10.00 Å². The Kier molecular flexibility index (Phi) is 4.65. The third-order valence-electron chi connectivity index (χ3n) is 3.58. The summed E-state index contributed by atoms with van der Waals surface area (Å²) >= 11 is 0. The summed E-state index contributed by atoms with van der Waals surface area (Å²) in [6.45, 7) is 0.325. The Hall–Kier alpha value is -3.69. The Morgan fingerprint density at radius 3 is 2.54 bits per heavy atom. The van der Waals surface area contributed by atoms with Crippen LogP contribution in [0.3, 0.4) is 0 Å². The lowest BCUT2D eigenvalue weighted by molar-refractivity contribution is 0.0600. The van der Waals surface area contributed by atoms with Crippen LogP contribution in [0.2, 0.25) is 0 Å². The van der Waals surface area contributed by atoms with Gasteiger partial charge < -0.3 is 14.6 Å². The molecule has 0 spiro atoms. The van der Waals surface area contributed by atoms with E-state index in [0.717, 1.165) is 5.56 Å². The minimum absolute atomic E-state index is 0.0937. The second-order valence-corrected chi connectivity index (χ2v) is 5.21. The van der Waals surface area contributed by atoms with E-state index >= 15 is 0 Å². The predicted molar refractivity (Wildman–Crippen MR) is 89.9 cm³/mol. The molecule has 26 heavy (non-hydrogen) atoms. The maximum absolute atomic E-state index is 11.5. The topological polar surface area (TPSA) is 128 Å². The van der Waals surface area contributed by atoms with Gasteiger partial charge in [0, 0.05) is 0 Å². The SMILES string of the molecule is COC(=O)Nc1nc(O)c2c(cnn2Cc2ccc(C(=O)OC)cc2)n1. The number of amides is 1. The number of anilines is 1. The van der Waals surface area contributed by atoms with Crippen molar-refractivity contribution < 1.29 is 24.2 Å². The van der Waals surface area contributed by atoms with Gasteiger partial charge in [-0.1, -0.05) is 12.1 Å². The molecule has 1 amide bonds. The van der Waals surface area contributed by atoms with Gasteiger partial charge in [0.05, 0.1) is 32.5 Å². The van der Waals surface area contributed by atoms with Crippen molar-refractivity contribution >= 4 is 29.0 Å². The number of carbonyl (C=O) groups excluding carboxylic acids is 2. The molecule has 0 bridgehead atoms. The lowest BCUT2D eigenvalue weighted by Gasteiger charge is -2.07. The molecule has 3 aromatic rings. The number of fused-ring (bicyclic) bond motifs is 1. The maximum Gasteiger partial charge on any atom is 0.413 e. The molecule has 0 saturated carbocycles. The van der Waals surface area contributed by atoms with Crippen LogP contribution in [-0.4, -0.2) is 51.1 Å².